The Kier molecular flexibility index (Phi) is 4.39. The molecule has 2 amide bonds. The second kappa shape index (κ2) is 6.51. The summed E-state index contributed by atoms with van der Waals surface area (Å²) in [7, 11) is 1.64. The zero-order valence-corrected chi connectivity index (χ0v) is 13.9. The monoisotopic (exact) mass is 343 g/mol. The first-order chi connectivity index (χ1) is 11.9. The molecule has 0 spiro atoms. The molecule has 2 atom stereocenters. The Balaban J connectivity index is 1.86. The van der Waals surface area contributed by atoms with Gasteiger partial charge in [-0.25, -0.2) is 4.39 Å². The van der Waals surface area contributed by atoms with E-state index in [1.807, 2.05) is 0 Å². The van der Waals surface area contributed by atoms with E-state index in [1.165, 1.54) is 23.1 Å². The Morgan fingerprint density at radius 1 is 1.20 bits per heavy atom. The van der Waals surface area contributed by atoms with E-state index in [9.17, 15) is 18.8 Å². The first-order valence-electron chi connectivity index (χ1n) is 7.88. The number of aryl methyl sites for hydroxylation is 1. The molecule has 0 unspecified atom stereocenters. The Labute approximate surface area is 143 Å². The van der Waals surface area contributed by atoms with E-state index in [4.69, 9.17) is 0 Å². The number of benzene rings is 1. The summed E-state index contributed by atoms with van der Waals surface area (Å²) < 4.78 is 13.2. The van der Waals surface area contributed by atoms with Gasteiger partial charge >= 0.3 is 0 Å². The number of aromatic amines is 1. The van der Waals surface area contributed by atoms with Crippen LogP contribution in [0.1, 0.15) is 34.1 Å². The number of hydrogen-bond acceptors (Lipinski definition) is 3. The second-order valence-electron chi connectivity index (χ2n) is 6.17. The van der Waals surface area contributed by atoms with Crippen LogP contribution < -0.4 is 10.9 Å². The van der Waals surface area contributed by atoms with Crippen LogP contribution in [0.25, 0.3) is 0 Å². The third-order valence-electron chi connectivity index (χ3n) is 4.41. The van der Waals surface area contributed by atoms with Crippen LogP contribution in [-0.2, 0) is 4.79 Å². The maximum atomic E-state index is 13.2. The zero-order chi connectivity index (χ0) is 18.1. The van der Waals surface area contributed by atoms with E-state index < -0.39 is 23.6 Å². The molecule has 1 aliphatic rings. The molecule has 1 aromatic heterocycles. The standard InChI is InChI=1S/C18H18FN3O3/c1-10-3-8-13(17(24)20-10)18(25)21-14-9-15(23)22(2)16(14)11-4-6-12(19)7-5-11/h3-8,14,16H,9H2,1-2H3,(H,20,24)(H,21,25)/t14-,16+/m1/s1. The van der Waals surface area contributed by atoms with E-state index in [1.54, 1.807) is 32.2 Å². The number of pyridine rings is 1. The Morgan fingerprint density at radius 2 is 1.88 bits per heavy atom. The molecular formula is C18H18FN3O3. The Hall–Kier alpha value is -2.96. The van der Waals surface area contributed by atoms with Crippen molar-refractivity contribution in [3.8, 4) is 0 Å². The third-order valence-corrected chi connectivity index (χ3v) is 4.41. The van der Waals surface area contributed by atoms with Gasteiger partial charge in [-0.2, -0.15) is 0 Å². The number of carbonyl (C=O) groups excluding carboxylic acids is 2. The lowest BCUT2D eigenvalue weighted by atomic mass is 9.99. The van der Waals surface area contributed by atoms with Crippen molar-refractivity contribution in [3.63, 3.8) is 0 Å². The number of hydrogen-bond donors (Lipinski definition) is 2. The summed E-state index contributed by atoms with van der Waals surface area (Å²) in [6.07, 6.45) is 0.119. The average molecular weight is 343 g/mol. The zero-order valence-electron chi connectivity index (χ0n) is 13.9. The molecule has 0 saturated carbocycles. The van der Waals surface area contributed by atoms with Gasteiger partial charge in [-0.15, -0.1) is 0 Å². The summed E-state index contributed by atoms with van der Waals surface area (Å²) >= 11 is 0. The van der Waals surface area contributed by atoms with Crippen molar-refractivity contribution in [1.82, 2.24) is 15.2 Å². The van der Waals surface area contributed by atoms with Crippen LogP contribution in [-0.4, -0.2) is 34.8 Å². The largest absolute Gasteiger partial charge is 0.346 e. The number of H-pyrrole nitrogens is 1. The van der Waals surface area contributed by atoms with Crippen LogP contribution in [0, 0.1) is 12.7 Å². The van der Waals surface area contributed by atoms with Crippen LogP contribution in [0.3, 0.4) is 0 Å². The van der Waals surface area contributed by atoms with Crippen molar-refractivity contribution in [3.05, 3.63) is 69.4 Å². The van der Waals surface area contributed by atoms with Gasteiger partial charge in [-0.05, 0) is 36.8 Å². The molecule has 130 valence electrons. The van der Waals surface area contributed by atoms with Gasteiger partial charge < -0.3 is 15.2 Å². The van der Waals surface area contributed by atoms with Crippen molar-refractivity contribution in [2.75, 3.05) is 7.05 Å². The van der Waals surface area contributed by atoms with Crippen molar-refractivity contribution in [2.24, 2.45) is 0 Å². The van der Waals surface area contributed by atoms with Gasteiger partial charge in [0.05, 0.1) is 12.1 Å². The maximum Gasteiger partial charge on any atom is 0.260 e. The molecule has 1 saturated heterocycles. The lowest BCUT2D eigenvalue weighted by Gasteiger charge is -2.26. The van der Waals surface area contributed by atoms with Gasteiger partial charge in [0.1, 0.15) is 11.4 Å². The first kappa shape index (κ1) is 16.9. The van der Waals surface area contributed by atoms with Gasteiger partial charge in [0.25, 0.3) is 11.5 Å². The van der Waals surface area contributed by atoms with E-state index in [2.05, 4.69) is 10.3 Å². The summed E-state index contributed by atoms with van der Waals surface area (Å²) in [5.41, 5.74) is 0.887. The predicted octanol–water partition coefficient (Wildman–Crippen LogP) is 1.52. The fourth-order valence-corrected chi connectivity index (χ4v) is 3.11. The van der Waals surface area contributed by atoms with Crippen molar-refractivity contribution in [2.45, 2.75) is 25.4 Å². The SMILES string of the molecule is Cc1ccc(C(=O)N[C@@H]2CC(=O)N(C)[C@H]2c2ccc(F)cc2)c(=O)[nH]1. The molecule has 1 fully saturated rings. The van der Waals surface area contributed by atoms with Crippen LogP contribution >= 0.6 is 0 Å². The number of likely N-dealkylation sites (tertiary alicyclic amines) is 1. The number of nitrogens with one attached hydrogen (secondary N) is 2. The lowest BCUT2D eigenvalue weighted by molar-refractivity contribution is -0.127. The number of amides is 2. The normalized spacial score (nSPS) is 20.0. The van der Waals surface area contributed by atoms with E-state index in [-0.39, 0.29) is 23.7 Å². The summed E-state index contributed by atoms with van der Waals surface area (Å²) in [6, 6.07) is 7.99. The fourth-order valence-electron chi connectivity index (χ4n) is 3.11. The molecule has 0 radical (unpaired) electrons. The number of carbonyl (C=O) groups is 2. The molecule has 2 heterocycles. The molecule has 25 heavy (non-hydrogen) atoms. The quantitative estimate of drug-likeness (QED) is 0.887. The number of nitrogens with zero attached hydrogens (tertiary/aromatic N) is 1. The Bertz CT molecular complexity index is 876. The van der Waals surface area contributed by atoms with Gasteiger partial charge in [0.2, 0.25) is 5.91 Å². The smallest absolute Gasteiger partial charge is 0.260 e. The van der Waals surface area contributed by atoms with E-state index in [0.717, 1.165) is 5.56 Å². The van der Waals surface area contributed by atoms with Gasteiger partial charge in [0, 0.05) is 19.2 Å². The molecule has 1 aromatic carbocycles. The summed E-state index contributed by atoms with van der Waals surface area (Å²) in [6.45, 7) is 1.72. The fraction of sp³-hybridized carbons (Fsp3) is 0.278. The molecule has 2 N–H and O–H groups in total. The van der Waals surface area contributed by atoms with Crippen LogP contribution in [0.2, 0.25) is 0 Å². The lowest BCUT2D eigenvalue weighted by Crippen LogP contribution is -2.40. The summed E-state index contributed by atoms with van der Waals surface area (Å²) in [5, 5.41) is 2.76. The van der Waals surface area contributed by atoms with Gasteiger partial charge in [0.15, 0.2) is 0 Å². The second-order valence-corrected chi connectivity index (χ2v) is 6.17. The first-order valence-corrected chi connectivity index (χ1v) is 7.88. The van der Waals surface area contributed by atoms with E-state index >= 15 is 0 Å². The average Bonchev–Trinajstić information content (AvgIpc) is 2.82. The number of halogens is 1. The van der Waals surface area contributed by atoms with Crippen molar-refractivity contribution < 1.29 is 14.0 Å². The van der Waals surface area contributed by atoms with Crippen molar-refractivity contribution in [1.29, 1.82) is 0 Å². The molecule has 3 rings (SSSR count). The number of rotatable bonds is 3. The molecule has 0 bridgehead atoms. The number of likely N-dealkylation sites (N-methyl/N-ethyl adjacent to an activating group) is 1. The minimum atomic E-state index is -0.540. The van der Waals surface area contributed by atoms with Crippen LogP contribution in [0.4, 0.5) is 4.39 Å². The minimum Gasteiger partial charge on any atom is -0.346 e. The number of aromatic nitrogens is 1. The predicted molar refractivity (Wildman–Crippen MR) is 89.6 cm³/mol. The molecule has 6 nitrogen and oxygen atoms in total. The maximum absolute atomic E-state index is 13.2. The Morgan fingerprint density at radius 3 is 2.52 bits per heavy atom. The third kappa shape index (κ3) is 3.31. The van der Waals surface area contributed by atoms with Crippen molar-refractivity contribution >= 4 is 11.8 Å². The topological polar surface area (TPSA) is 82.3 Å². The van der Waals surface area contributed by atoms with Crippen LogP contribution in [0.15, 0.2) is 41.2 Å². The summed E-state index contributed by atoms with van der Waals surface area (Å²) in [4.78, 5) is 40.6. The minimum absolute atomic E-state index is 0.00884. The highest BCUT2D eigenvalue weighted by Gasteiger charge is 2.39. The molecule has 2 aromatic rings. The van der Waals surface area contributed by atoms with Gasteiger partial charge in [-0.1, -0.05) is 12.1 Å². The van der Waals surface area contributed by atoms with E-state index in [0.29, 0.717) is 5.69 Å². The molecule has 1 aliphatic heterocycles. The van der Waals surface area contributed by atoms with Gasteiger partial charge in [-0.3, -0.25) is 14.4 Å². The highest BCUT2D eigenvalue weighted by atomic mass is 19.1. The highest BCUT2D eigenvalue weighted by molar-refractivity contribution is 5.94. The van der Waals surface area contributed by atoms with Crippen LogP contribution in [0.5, 0.6) is 0 Å². The molecule has 7 heteroatoms. The molecular weight excluding hydrogens is 325 g/mol. The molecule has 0 aliphatic carbocycles. The highest BCUT2D eigenvalue weighted by Crippen LogP contribution is 2.32. The summed E-state index contributed by atoms with van der Waals surface area (Å²) in [5.74, 6) is -1.04.